The van der Waals surface area contributed by atoms with Gasteiger partial charge < -0.3 is 24.2 Å². The van der Waals surface area contributed by atoms with Crippen LogP contribution in [0.15, 0.2) is 24.3 Å². The number of aliphatic hydroxyl groups is 1. The largest absolute Gasteiger partial charge is 0.472 e. The van der Waals surface area contributed by atoms with Gasteiger partial charge in [-0.15, -0.1) is 0 Å². The quantitative estimate of drug-likeness (QED) is 0.0197. The Balaban J connectivity index is 4.67. The Morgan fingerprint density at radius 3 is 1.09 bits per heavy atom. The van der Waals surface area contributed by atoms with Crippen molar-refractivity contribution in [1.82, 2.24) is 0 Å². The molecule has 0 fully saturated rings. The van der Waals surface area contributed by atoms with Gasteiger partial charge in [0.25, 0.3) is 0 Å². The maximum absolute atomic E-state index is 12.9. The molecule has 66 heavy (non-hydrogen) atoms. The predicted molar refractivity (Wildman–Crippen MR) is 270 cm³/mol. The number of hydrogen-bond acceptors (Lipinski definition) is 10. The first-order valence-corrected chi connectivity index (χ1v) is 28.7. The third-order valence-corrected chi connectivity index (χ3v) is 12.8. The number of hydrogen-bond donors (Lipinski definition) is 2. The minimum Gasteiger partial charge on any atom is -0.462 e. The lowest BCUT2D eigenvalue weighted by Crippen LogP contribution is -2.30. The van der Waals surface area contributed by atoms with Crippen LogP contribution in [0.5, 0.6) is 0 Å². The molecule has 0 aromatic rings. The maximum Gasteiger partial charge on any atom is 0.472 e. The van der Waals surface area contributed by atoms with Gasteiger partial charge in [-0.25, -0.2) is 4.57 Å². The zero-order valence-electron chi connectivity index (χ0n) is 42.7. The van der Waals surface area contributed by atoms with Crippen LogP contribution in [0.1, 0.15) is 265 Å². The SMILES string of the molecule is CCCC/C=C\CCCCCCCC(=O)OCC(COP(=O)(O)OCC(CO)OC(=O)CCCCCCCCCCC)OC(=O)CCCCCCCCCCC/C=C\CCCCCCCC. The summed E-state index contributed by atoms with van der Waals surface area (Å²) in [6.45, 7) is 4.58. The highest BCUT2D eigenvalue weighted by molar-refractivity contribution is 7.47. The maximum atomic E-state index is 12.9. The van der Waals surface area contributed by atoms with Gasteiger partial charge in [0.2, 0.25) is 0 Å². The van der Waals surface area contributed by atoms with E-state index in [-0.39, 0.29) is 25.9 Å². The second-order valence-corrected chi connectivity index (χ2v) is 19.8. The molecular weight excluding hydrogens is 856 g/mol. The van der Waals surface area contributed by atoms with E-state index >= 15 is 0 Å². The van der Waals surface area contributed by atoms with Crippen LogP contribution in [0.2, 0.25) is 0 Å². The zero-order chi connectivity index (χ0) is 48.4. The van der Waals surface area contributed by atoms with Gasteiger partial charge in [0.1, 0.15) is 12.7 Å². The molecule has 0 aliphatic carbocycles. The van der Waals surface area contributed by atoms with E-state index in [1.54, 1.807) is 0 Å². The van der Waals surface area contributed by atoms with Crippen molar-refractivity contribution < 1.29 is 52.2 Å². The molecule has 3 unspecified atom stereocenters. The highest BCUT2D eigenvalue weighted by Gasteiger charge is 2.28. The Kier molecular flexibility index (Phi) is 47.9. The molecule has 0 radical (unpaired) electrons. The number of allylic oxidation sites excluding steroid dienone is 4. The molecule has 0 saturated carbocycles. The van der Waals surface area contributed by atoms with Crippen molar-refractivity contribution in [1.29, 1.82) is 0 Å². The van der Waals surface area contributed by atoms with Gasteiger partial charge in [-0.2, -0.15) is 0 Å². The van der Waals surface area contributed by atoms with Gasteiger partial charge in [0, 0.05) is 19.3 Å². The van der Waals surface area contributed by atoms with Crippen LogP contribution in [0.25, 0.3) is 0 Å². The van der Waals surface area contributed by atoms with E-state index in [9.17, 15) is 28.9 Å². The van der Waals surface area contributed by atoms with Crippen molar-refractivity contribution in [3.05, 3.63) is 24.3 Å². The van der Waals surface area contributed by atoms with E-state index in [0.29, 0.717) is 19.3 Å². The molecule has 11 nitrogen and oxygen atoms in total. The van der Waals surface area contributed by atoms with Crippen LogP contribution in [-0.4, -0.2) is 66.5 Å². The Labute approximate surface area is 404 Å². The Morgan fingerprint density at radius 2 is 0.712 bits per heavy atom. The van der Waals surface area contributed by atoms with Crippen molar-refractivity contribution >= 4 is 25.7 Å². The molecule has 0 aliphatic rings. The average molecular weight is 957 g/mol. The summed E-state index contributed by atoms with van der Waals surface area (Å²) in [5.74, 6) is -1.46. The van der Waals surface area contributed by atoms with E-state index in [2.05, 4.69) is 45.1 Å². The highest BCUT2D eigenvalue weighted by atomic mass is 31.2. The third kappa shape index (κ3) is 47.0. The zero-order valence-corrected chi connectivity index (χ0v) is 43.6. The number of rotatable bonds is 51. The molecule has 0 amide bonds. The van der Waals surface area contributed by atoms with E-state index in [1.807, 2.05) is 0 Å². The normalized spacial score (nSPS) is 13.6. The molecule has 0 aromatic carbocycles. The number of carbonyl (C=O) groups excluding carboxylic acids is 3. The summed E-state index contributed by atoms with van der Waals surface area (Å²) in [6.07, 6.45) is 47.3. The van der Waals surface area contributed by atoms with Crippen molar-refractivity contribution in [3.8, 4) is 0 Å². The summed E-state index contributed by atoms with van der Waals surface area (Å²) in [4.78, 5) is 48.2. The lowest BCUT2D eigenvalue weighted by Gasteiger charge is -2.21. The lowest BCUT2D eigenvalue weighted by molar-refractivity contribution is -0.161. The standard InChI is InChI=1S/C54H101O11P/c1-4-7-10-13-16-19-21-22-23-24-25-26-27-28-30-33-36-39-42-45-54(58)65-51(47-61-52(56)43-40-37-34-32-29-20-17-14-11-8-5-2)49-63-66(59,60)62-48-50(46-55)64-53(57)44-41-38-35-31-18-15-12-9-6-3/h14,17,22-23,50-51,55H,4-13,15-16,18-21,24-49H2,1-3H3,(H,59,60)/b17-14-,23-22-. The van der Waals surface area contributed by atoms with Crippen LogP contribution in [0, 0.1) is 0 Å². The van der Waals surface area contributed by atoms with Crippen LogP contribution in [0.4, 0.5) is 0 Å². The van der Waals surface area contributed by atoms with E-state index in [0.717, 1.165) is 77.0 Å². The first-order chi connectivity index (χ1) is 32.2. The fraction of sp³-hybridized carbons (Fsp3) is 0.870. The number of unbranched alkanes of at least 4 members (excludes halogenated alkanes) is 30. The van der Waals surface area contributed by atoms with Crippen LogP contribution < -0.4 is 0 Å². The van der Waals surface area contributed by atoms with E-state index in [1.165, 1.54) is 128 Å². The van der Waals surface area contributed by atoms with Gasteiger partial charge in [0.15, 0.2) is 6.10 Å². The third-order valence-electron chi connectivity index (χ3n) is 11.8. The lowest BCUT2D eigenvalue weighted by atomic mass is 10.1. The topological polar surface area (TPSA) is 155 Å². The van der Waals surface area contributed by atoms with Crippen molar-refractivity contribution in [2.45, 2.75) is 277 Å². The van der Waals surface area contributed by atoms with E-state index < -0.39 is 57.8 Å². The molecule has 0 rings (SSSR count). The Morgan fingerprint density at radius 1 is 0.409 bits per heavy atom. The second-order valence-electron chi connectivity index (χ2n) is 18.4. The van der Waals surface area contributed by atoms with Crippen molar-refractivity contribution in [2.24, 2.45) is 0 Å². The molecule has 2 N–H and O–H groups in total. The molecule has 0 heterocycles. The fourth-order valence-corrected chi connectivity index (χ4v) is 8.41. The van der Waals surface area contributed by atoms with Gasteiger partial charge in [-0.05, 0) is 64.2 Å². The number of phosphoric acid groups is 1. The molecule has 0 bridgehead atoms. The molecular formula is C54H101O11P. The summed E-state index contributed by atoms with van der Waals surface area (Å²) < 4.78 is 39.3. The van der Waals surface area contributed by atoms with Gasteiger partial charge >= 0.3 is 25.7 Å². The molecule has 3 atom stereocenters. The predicted octanol–water partition coefficient (Wildman–Crippen LogP) is 15.5. The fourth-order valence-electron chi connectivity index (χ4n) is 7.63. The molecule has 388 valence electrons. The van der Waals surface area contributed by atoms with Crippen molar-refractivity contribution in [2.75, 3.05) is 26.4 Å². The molecule has 0 aliphatic heterocycles. The summed E-state index contributed by atoms with van der Waals surface area (Å²) in [5.41, 5.74) is 0. The average Bonchev–Trinajstić information content (AvgIpc) is 3.30. The number of carbonyl (C=O) groups is 3. The Bertz CT molecular complexity index is 1210. The van der Waals surface area contributed by atoms with Gasteiger partial charge in [-0.1, -0.05) is 206 Å². The van der Waals surface area contributed by atoms with Gasteiger partial charge in [-0.3, -0.25) is 23.4 Å². The number of aliphatic hydroxyl groups excluding tert-OH is 1. The molecule has 0 spiro atoms. The summed E-state index contributed by atoms with van der Waals surface area (Å²) in [6, 6.07) is 0. The summed E-state index contributed by atoms with van der Waals surface area (Å²) >= 11 is 0. The minimum atomic E-state index is -4.73. The van der Waals surface area contributed by atoms with E-state index in [4.69, 9.17) is 23.3 Å². The van der Waals surface area contributed by atoms with Crippen LogP contribution in [-0.2, 0) is 42.2 Å². The molecule has 12 heteroatoms. The molecule has 0 aromatic heterocycles. The van der Waals surface area contributed by atoms with Crippen LogP contribution >= 0.6 is 7.82 Å². The smallest absolute Gasteiger partial charge is 0.462 e. The minimum absolute atomic E-state index is 0.168. The Hall–Kier alpha value is -2.04. The summed E-state index contributed by atoms with van der Waals surface area (Å²) in [7, 11) is -4.73. The number of ether oxygens (including phenoxy) is 3. The van der Waals surface area contributed by atoms with Crippen LogP contribution in [0.3, 0.4) is 0 Å². The highest BCUT2D eigenvalue weighted by Crippen LogP contribution is 2.43. The number of esters is 3. The van der Waals surface area contributed by atoms with Crippen molar-refractivity contribution in [3.63, 3.8) is 0 Å². The second kappa shape index (κ2) is 49.4. The first-order valence-electron chi connectivity index (χ1n) is 27.2. The van der Waals surface area contributed by atoms with Gasteiger partial charge in [0.05, 0.1) is 19.8 Å². The number of phosphoric ester groups is 1. The monoisotopic (exact) mass is 957 g/mol. The molecule has 0 saturated heterocycles. The first kappa shape index (κ1) is 64.0. The summed E-state index contributed by atoms with van der Waals surface area (Å²) in [5, 5.41) is 9.74.